The van der Waals surface area contributed by atoms with E-state index in [1.165, 1.54) is 0 Å². The van der Waals surface area contributed by atoms with Gasteiger partial charge in [0.05, 0.1) is 24.7 Å². The first-order chi connectivity index (χ1) is 9.85. The molecule has 0 unspecified atom stereocenters. The fraction of sp³-hybridized carbons (Fsp3) is 0.333. The predicted molar refractivity (Wildman–Crippen MR) is 90.8 cm³/mol. The van der Waals surface area contributed by atoms with E-state index in [-0.39, 0.29) is 24.7 Å². The van der Waals surface area contributed by atoms with Gasteiger partial charge in [-0.1, -0.05) is 18.2 Å². The summed E-state index contributed by atoms with van der Waals surface area (Å²) in [6.07, 6.45) is 0. The Hall–Kier alpha value is -0.870. The monoisotopic (exact) mass is 356 g/mol. The molecule has 1 rings (SSSR count). The molecule has 0 atom stereocenters. The third-order valence-electron chi connectivity index (χ3n) is 1.13. The van der Waals surface area contributed by atoms with Crippen LogP contribution in [-0.4, -0.2) is 57.1 Å². The van der Waals surface area contributed by atoms with Crippen LogP contribution in [0.1, 0.15) is 0 Å². The average molecular weight is 356 g/mol. The van der Waals surface area contributed by atoms with Crippen LogP contribution in [0.25, 0.3) is 0 Å². The topological polar surface area (TPSA) is 115 Å². The Labute approximate surface area is 140 Å². The zero-order valence-electron chi connectivity index (χ0n) is 11.2. The zero-order chi connectivity index (χ0) is 17.1. The lowest BCUT2D eigenvalue weighted by Gasteiger charge is -1.81. The number of aliphatic carboxylic acids is 2. The number of hydrogen-bond acceptors (Lipinski definition) is 7. The fourth-order valence-electron chi connectivity index (χ4n) is 0.428. The summed E-state index contributed by atoms with van der Waals surface area (Å²) in [5, 5.41) is 30.5. The molecule has 122 valence electrons. The summed E-state index contributed by atoms with van der Waals surface area (Å²) in [4.78, 5) is 19.6. The Kier molecular flexibility index (Phi) is 25.6. The smallest absolute Gasteiger partial charge is 0.313 e. The second-order valence-electron chi connectivity index (χ2n) is 2.89. The van der Waals surface area contributed by atoms with Gasteiger partial charge in [-0.15, -0.1) is 12.6 Å². The van der Waals surface area contributed by atoms with Gasteiger partial charge in [0.15, 0.2) is 0 Å². The van der Waals surface area contributed by atoms with Crippen molar-refractivity contribution in [3.8, 4) is 0 Å². The fourth-order valence-corrected chi connectivity index (χ4v) is 0.600. The zero-order valence-corrected chi connectivity index (χ0v) is 13.8. The maximum Gasteiger partial charge on any atom is 0.313 e. The molecule has 0 spiro atoms. The van der Waals surface area contributed by atoms with Gasteiger partial charge in [-0.2, -0.15) is 25.3 Å². The molecule has 0 heterocycles. The molecule has 21 heavy (non-hydrogen) atoms. The van der Waals surface area contributed by atoms with Crippen molar-refractivity contribution >= 4 is 49.8 Å². The lowest BCUT2D eigenvalue weighted by Crippen LogP contribution is -1.92. The molecule has 0 aliphatic rings. The molecule has 0 aliphatic carbocycles. The minimum Gasteiger partial charge on any atom is -0.481 e. The molecule has 0 fully saturated rings. The van der Waals surface area contributed by atoms with Crippen molar-refractivity contribution in [2.45, 2.75) is 4.90 Å². The highest BCUT2D eigenvalue weighted by Gasteiger charge is 1.82. The second kappa shape index (κ2) is 21.4. The van der Waals surface area contributed by atoms with Crippen molar-refractivity contribution < 1.29 is 30.0 Å². The number of hydrogen-bond donors (Lipinski definition) is 7. The van der Waals surface area contributed by atoms with Crippen LogP contribution in [0.2, 0.25) is 0 Å². The third-order valence-corrected chi connectivity index (χ3v) is 1.97. The van der Waals surface area contributed by atoms with E-state index in [9.17, 15) is 9.59 Å². The van der Waals surface area contributed by atoms with Crippen LogP contribution in [0.3, 0.4) is 0 Å². The number of carbonyl (C=O) groups is 2. The first-order valence-electron chi connectivity index (χ1n) is 5.46. The van der Waals surface area contributed by atoms with E-state index in [1.54, 1.807) is 0 Å². The van der Waals surface area contributed by atoms with Gasteiger partial charge in [0, 0.05) is 4.90 Å². The molecule has 0 bridgehead atoms. The van der Waals surface area contributed by atoms with Crippen LogP contribution in [0.4, 0.5) is 0 Å². The molecule has 0 aliphatic heterocycles. The lowest BCUT2D eigenvalue weighted by atomic mass is 10.4. The second-order valence-corrected chi connectivity index (χ2v) is 4.04. The van der Waals surface area contributed by atoms with Crippen molar-refractivity contribution in [2.24, 2.45) is 0 Å². The summed E-state index contributed by atoms with van der Waals surface area (Å²) in [5.74, 6) is -1.93. The van der Waals surface area contributed by atoms with Gasteiger partial charge in [-0.25, -0.2) is 0 Å². The molecule has 0 saturated carbocycles. The molecule has 9 heteroatoms. The average Bonchev–Trinajstić information content (AvgIpc) is 2.49. The summed E-state index contributed by atoms with van der Waals surface area (Å²) < 4.78 is 0. The van der Waals surface area contributed by atoms with Crippen LogP contribution >= 0.6 is 37.9 Å². The van der Waals surface area contributed by atoms with Gasteiger partial charge in [0.2, 0.25) is 0 Å². The molecule has 1 aromatic rings. The Balaban J connectivity index is -0.000000212. The van der Waals surface area contributed by atoms with E-state index < -0.39 is 11.9 Å². The SMILES string of the molecule is O=C(O)CS.O=C(O)CS.OCCO.Sc1ccccc1. The van der Waals surface area contributed by atoms with Gasteiger partial charge >= 0.3 is 11.9 Å². The highest BCUT2D eigenvalue weighted by Crippen LogP contribution is 2.00. The molecule has 0 aromatic heterocycles. The highest BCUT2D eigenvalue weighted by atomic mass is 32.1. The molecule has 4 N–H and O–H groups in total. The van der Waals surface area contributed by atoms with Crippen LogP contribution in [0, 0.1) is 0 Å². The number of carboxylic acid groups (broad SMARTS) is 2. The molecule has 0 amide bonds. The predicted octanol–water partition coefficient (Wildman–Crippen LogP) is 0.948. The number of aliphatic hydroxyl groups excluding tert-OH is 2. The van der Waals surface area contributed by atoms with Crippen molar-refractivity contribution in [3.05, 3.63) is 30.3 Å². The maximum absolute atomic E-state index is 9.29. The number of thiol groups is 3. The Morgan fingerprint density at radius 1 is 0.857 bits per heavy atom. The van der Waals surface area contributed by atoms with Gasteiger partial charge in [0.25, 0.3) is 0 Å². The van der Waals surface area contributed by atoms with E-state index >= 15 is 0 Å². The number of carboxylic acids is 2. The number of benzene rings is 1. The van der Waals surface area contributed by atoms with E-state index in [0.717, 1.165) is 4.90 Å². The number of rotatable bonds is 3. The lowest BCUT2D eigenvalue weighted by molar-refractivity contribution is -0.134. The summed E-state index contributed by atoms with van der Waals surface area (Å²) >= 11 is 10.9. The maximum atomic E-state index is 9.29. The van der Waals surface area contributed by atoms with Gasteiger partial charge in [0.1, 0.15) is 0 Å². The van der Waals surface area contributed by atoms with Crippen LogP contribution in [-0.2, 0) is 9.59 Å². The Morgan fingerprint density at radius 2 is 1.14 bits per heavy atom. The van der Waals surface area contributed by atoms with Crippen LogP contribution in [0.15, 0.2) is 35.2 Å². The van der Waals surface area contributed by atoms with Gasteiger partial charge in [-0.05, 0) is 12.1 Å². The standard InChI is InChI=1S/C6H6S.2C2H4O2S.C2H6O2/c7-6-4-2-1-3-5-6;2*3-2(4)1-5;3-1-2-4/h1-5,7H;2*5H,1H2,(H,3,4);3-4H,1-2H2. The molecule has 0 radical (unpaired) electrons. The van der Waals surface area contributed by atoms with Crippen molar-refractivity contribution in [3.63, 3.8) is 0 Å². The highest BCUT2D eigenvalue weighted by molar-refractivity contribution is 7.81. The normalized spacial score (nSPS) is 7.86. The molecular weight excluding hydrogens is 336 g/mol. The van der Waals surface area contributed by atoms with Crippen LogP contribution in [0.5, 0.6) is 0 Å². The van der Waals surface area contributed by atoms with Crippen LogP contribution < -0.4 is 0 Å². The van der Waals surface area contributed by atoms with E-state index in [1.807, 2.05) is 30.3 Å². The Morgan fingerprint density at radius 3 is 1.24 bits per heavy atom. The largest absolute Gasteiger partial charge is 0.481 e. The van der Waals surface area contributed by atoms with E-state index in [2.05, 4.69) is 37.9 Å². The van der Waals surface area contributed by atoms with Crippen molar-refractivity contribution in [1.82, 2.24) is 0 Å². The summed E-state index contributed by atoms with van der Waals surface area (Å²) in [6, 6.07) is 9.79. The minimum absolute atomic E-state index is 0.0833. The first-order valence-corrected chi connectivity index (χ1v) is 7.17. The van der Waals surface area contributed by atoms with Crippen molar-refractivity contribution in [2.75, 3.05) is 24.7 Å². The summed E-state index contributed by atoms with van der Waals surface area (Å²) in [5.41, 5.74) is 0. The van der Waals surface area contributed by atoms with E-state index in [4.69, 9.17) is 20.4 Å². The minimum atomic E-state index is -0.881. The van der Waals surface area contributed by atoms with Crippen molar-refractivity contribution in [1.29, 1.82) is 0 Å². The van der Waals surface area contributed by atoms with E-state index in [0.29, 0.717) is 0 Å². The number of aliphatic hydroxyl groups is 2. The molecule has 6 nitrogen and oxygen atoms in total. The van der Waals surface area contributed by atoms with Gasteiger partial charge < -0.3 is 20.4 Å². The quantitative estimate of drug-likeness (QED) is 0.406. The molecular formula is C12H20O6S3. The van der Waals surface area contributed by atoms with Gasteiger partial charge in [-0.3, -0.25) is 9.59 Å². The summed E-state index contributed by atoms with van der Waals surface area (Å²) in [6.45, 7) is -0.250. The summed E-state index contributed by atoms with van der Waals surface area (Å²) in [7, 11) is 0. The Bertz CT molecular complexity index is 332. The third kappa shape index (κ3) is 38.2. The first kappa shape index (κ1) is 25.1. The molecule has 1 aromatic carbocycles. The molecule has 0 saturated heterocycles.